The van der Waals surface area contributed by atoms with Gasteiger partial charge in [-0.25, -0.2) is 14.1 Å². The van der Waals surface area contributed by atoms with E-state index in [1.807, 2.05) is 6.07 Å². The van der Waals surface area contributed by atoms with Gasteiger partial charge in [-0.15, -0.1) is 0 Å². The minimum atomic E-state index is -0.801. The molecule has 5 amide bonds. The third-order valence-electron chi connectivity index (χ3n) is 5.38. The molecule has 1 aliphatic rings. The predicted molar refractivity (Wildman–Crippen MR) is 145 cm³/mol. The lowest BCUT2D eigenvalue weighted by molar-refractivity contribution is -0.127. The van der Waals surface area contributed by atoms with E-state index in [4.69, 9.17) is 9.47 Å². The van der Waals surface area contributed by atoms with E-state index in [2.05, 4.69) is 31.9 Å². The molecule has 0 radical (unpaired) electrons. The zero-order valence-corrected chi connectivity index (χ0v) is 22.1. The molecule has 39 heavy (non-hydrogen) atoms. The van der Waals surface area contributed by atoms with Crippen LogP contribution in [-0.4, -0.2) is 48.9 Å². The van der Waals surface area contributed by atoms with E-state index in [9.17, 15) is 23.6 Å². The number of amides is 5. The summed E-state index contributed by atoms with van der Waals surface area (Å²) in [6, 6.07) is 16.8. The number of rotatable bonds is 9. The number of carbonyl (C=O) groups excluding carboxylic acids is 4. The third kappa shape index (κ3) is 6.79. The normalized spacial score (nSPS) is 13.7. The van der Waals surface area contributed by atoms with Crippen molar-refractivity contribution in [2.24, 2.45) is 0 Å². The summed E-state index contributed by atoms with van der Waals surface area (Å²) in [4.78, 5) is 50.5. The van der Waals surface area contributed by atoms with Crippen LogP contribution >= 0.6 is 15.9 Å². The molecule has 0 saturated carbocycles. The maximum absolute atomic E-state index is 13.8. The molecule has 0 aromatic heterocycles. The summed E-state index contributed by atoms with van der Waals surface area (Å²) in [5.41, 5.74) is 0.938. The molecule has 0 spiro atoms. The van der Waals surface area contributed by atoms with Crippen LogP contribution in [0, 0.1) is 5.82 Å². The highest BCUT2D eigenvalue weighted by molar-refractivity contribution is 9.10. The molecule has 3 aromatic carbocycles. The number of nitrogens with zero attached hydrogens (tertiary/aromatic N) is 1. The lowest BCUT2D eigenvalue weighted by Crippen LogP contribution is -2.38. The van der Waals surface area contributed by atoms with Crippen LogP contribution in [0.25, 0.3) is 6.08 Å². The van der Waals surface area contributed by atoms with Gasteiger partial charge in [0.2, 0.25) is 5.91 Å². The monoisotopic (exact) mass is 596 g/mol. The Morgan fingerprint density at radius 2 is 1.74 bits per heavy atom. The topological polar surface area (TPSA) is 126 Å². The molecule has 12 heteroatoms. The van der Waals surface area contributed by atoms with E-state index >= 15 is 0 Å². The molecule has 1 aliphatic heterocycles. The van der Waals surface area contributed by atoms with E-state index < -0.39 is 30.2 Å². The first-order valence-corrected chi connectivity index (χ1v) is 12.3. The van der Waals surface area contributed by atoms with Crippen LogP contribution in [0.15, 0.2) is 76.9 Å². The lowest BCUT2D eigenvalue weighted by atomic mass is 10.1. The van der Waals surface area contributed by atoms with Crippen molar-refractivity contribution in [3.63, 3.8) is 0 Å². The molecule has 1 saturated heterocycles. The number of carbonyl (C=O) groups is 4. The summed E-state index contributed by atoms with van der Waals surface area (Å²) < 4.78 is 25.3. The standard InChI is InChI=1S/C27H22BrFN4O6/c1-38-22-13-16(11-18(28)25(22)39-15-24(35)30-17-7-3-2-4-8-17)12-21-26(36)33(27(37)32-21)14-23(34)31-20-10-6-5-9-19(20)29/h2-13H,14-15H2,1H3,(H,30,35)(H,31,34)(H,32,37)/b21-12+. The van der Waals surface area contributed by atoms with Gasteiger partial charge >= 0.3 is 6.03 Å². The van der Waals surface area contributed by atoms with Crippen LogP contribution in [0.5, 0.6) is 11.5 Å². The Labute approximate surface area is 230 Å². The van der Waals surface area contributed by atoms with Crippen molar-refractivity contribution >= 4 is 57.1 Å². The van der Waals surface area contributed by atoms with E-state index in [0.717, 1.165) is 0 Å². The number of hydrogen-bond acceptors (Lipinski definition) is 6. The molecule has 1 fully saturated rings. The lowest BCUT2D eigenvalue weighted by Gasteiger charge is -2.14. The summed E-state index contributed by atoms with van der Waals surface area (Å²) in [6.07, 6.45) is 1.40. The average molecular weight is 597 g/mol. The van der Waals surface area contributed by atoms with E-state index in [0.29, 0.717) is 20.6 Å². The van der Waals surface area contributed by atoms with Crippen LogP contribution in [0.2, 0.25) is 0 Å². The number of halogens is 2. The van der Waals surface area contributed by atoms with Gasteiger partial charge in [0.1, 0.15) is 18.1 Å². The van der Waals surface area contributed by atoms with Crippen molar-refractivity contribution in [1.29, 1.82) is 0 Å². The van der Waals surface area contributed by atoms with Gasteiger partial charge in [0, 0.05) is 5.69 Å². The SMILES string of the molecule is COc1cc(/C=C2/NC(=O)N(CC(=O)Nc3ccccc3F)C2=O)cc(Br)c1OCC(=O)Nc1ccccc1. The number of benzene rings is 3. The summed E-state index contributed by atoms with van der Waals surface area (Å²) >= 11 is 3.38. The zero-order chi connectivity index (χ0) is 27.9. The smallest absolute Gasteiger partial charge is 0.329 e. The van der Waals surface area contributed by atoms with Gasteiger partial charge in [-0.05, 0) is 64.0 Å². The highest BCUT2D eigenvalue weighted by Gasteiger charge is 2.35. The van der Waals surface area contributed by atoms with Gasteiger partial charge in [0.25, 0.3) is 11.8 Å². The maximum Gasteiger partial charge on any atom is 0.329 e. The number of para-hydroxylation sites is 2. The quantitative estimate of drug-likeness (QED) is 0.252. The Balaban J connectivity index is 1.43. The number of nitrogens with one attached hydrogen (secondary N) is 3. The fourth-order valence-electron chi connectivity index (χ4n) is 3.60. The predicted octanol–water partition coefficient (Wildman–Crippen LogP) is 4.15. The molecule has 0 bridgehead atoms. The van der Waals surface area contributed by atoms with Crippen molar-refractivity contribution in [1.82, 2.24) is 10.2 Å². The molecule has 200 valence electrons. The molecule has 3 N–H and O–H groups in total. The van der Waals surface area contributed by atoms with Crippen molar-refractivity contribution in [2.45, 2.75) is 0 Å². The van der Waals surface area contributed by atoms with Crippen LogP contribution < -0.4 is 25.4 Å². The van der Waals surface area contributed by atoms with Gasteiger partial charge in [-0.2, -0.15) is 0 Å². The molecule has 1 heterocycles. The Kier molecular flexibility index (Phi) is 8.56. The van der Waals surface area contributed by atoms with Crippen molar-refractivity contribution in [3.8, 4) is 11.5 Å². The summed E-state index contributed by atoms with van der Waals surface area (Å²) in [5.74, 6) is -1.98. The largest absolute Gasteiger partial charge is 0.493 e. The molecule has 10 nitrogen and oxygen atoms in total. The van der Waals surface area contributed by atoms with E-state index in [-0.39, 0.29) is 35.4 Å². The molecule has 0 aliphatic carbocycles. The fraction of sp³-hybridized carbons (Fsp3) is 0.111. The second-order valence-electron chi connectivity index (χ2n) is 8.14. The first-order chi connectivity index (χ1) is 18.7. The Morgan fingerprint density at radius 3 is 2.46 bits per heavy atom. The van der Waals surface area contributed by atoms with Crippen LogP contribution in [0.1, 0.15) is 5.56 Å². The minimum absolute atomic E-state index is 0.0675. The summed E-state index contributed by atoms with van der Waals surface area (Å²) in [7, 11) is 1.41. The fourth-order valence-corrected chi connectivity index (χ4v) is 4.17. The molecule has 4 rings (SSSR count). The Bertz CT molecular complexity index is 1460. The third-order valence-corrected chi connectivity index (χ3v) is 5.97. The zero-order valence-electron chi connectivity index (χ0n) is 20.5. The van der Waals surface area contributed by atoms with Gasteiger partial charge in [-0.1, -0.05) is 30.3 Å². The van der Waals surface area contributed by atoms with E-state index in [1.54, 1.807) is 36.4 Å². The van der Waals surface area contributed by atoms with Crippen LogP contribution in [0.3, 0.4) is 0 Å². The number of methoxy groups -OCH3 is 1. The molecular weight excluding hydrogens is 575 g/mol. The highest BCUT2D eigenvalue weighted by atomic mass is 79.9. The number of hydrogen-bond donors (Lipinski definition) is 3. The second kappa shape index (κ2) is 12.2. The summed E-state index contributed by atoms with van der Waals surface area (Å²) in [6.45, 7) is -0.899. The van der Waals surface area contributed by atoms with Crippen molar-refractivity contribution < 1.29 is 33.0 Å². The van der Waals surface area contributed by atoms with Crippen LogP contribution in [0.4, 0.5) is 20.6 Å². The second-order valence-corrected chi connectivity index (χ2v) is 9.00. The first-order valence-electron chi connectivity index (χ1n) is 11.5. The van der Waals surface area contributed by atoms with Gasteiger partial charge in [0.05, 0.1) is 17.3 Å². The van der Waals surface area contributed by atoms with Crippen LogP contribution in [-0.2, 0) is 14.4 Å². The van der Waals surface area contributed by atoms with Crippen molar-refractivity contribution in [2.75, 3.05) is 30.9 Å². The molecular formula is C27H22BrFN4O6. The number of imide groups is 1. The Morgan fingerprint density at radius 1 is 1.03 bits per heavy atom. The minimum Gasteiger partial charge on any atom is -0.493 e. The van der Waals surface area contributed by atoms with E-state index in [1.165, 1.54) is 37.5 Å². The number of urea groups is 1. The summed E-state index contributed by atoms with van der Waals surface area (Å²) in [5, 5.41) is 7.47. The molecule has 0 atom stereocenters. The molecule has 3 aromatic rings. The maximum atomic E-state index is 13.8. The van der Waals surface area contributed by atoms with Gasteiger partial charge in [0.15, 0.2) is 18.1 Å². The number of ether oxygens (including phenoxy) is 2. The number of anilines is 2. The van der Waals surface area contributed by atoms with Gasteiger partial charge < -0.3 is 25.4 Å². The first kappa shape index (κ1) is 27.3. The van der Waals surface area contributed by atoms with Crippen molar-refractivity contribution in [3.05, 3.63) is 88.3 Å². The van der Waals surface area contributed by atoms with Gasteiger partial charge in [-0.3, -0.25) is 14.4 Å². The molecule has 0 unspecified atom stereocenters. The Hall–Kier alpha value is -4.71. The average Bonchev–Trinajstić information content (AvgIpc) is 3.16. The highest BCUT2D eigenvalue weighted by Crippen LogP contribution is 2.37.